The lowest BCUT2D eigenvalue weighted by atomic mass is 9.94. The zero-order valence-electron chi connectivity index (χ0n) is 8.57. The number of aliphatic hydroxyl groups is 1. The molecule has 0 rings (SSSR count). The maximum atomic E-state index is 8.91. The number of rotatable bonds is 4. The van der Waals surface area contributed by atoms with E-state index in [1.54, 1.807) is 0 Å². The van der Waals surface area contributed by atoms with Crippen LogP contribution in [0.5, 0.6) is 0 Å². The molecule has 0 aromatic rings. The number of hydrogen-bond acceptors (Lipinski definition) is 2. The standard InChI is InChI=1S/C7H17NO.C2H6/c1-4-7(5-2,6-9)8-3;1-2/h8-9H,4-6H2,1-3H3;1-2H3. The summed E-state index contributed by atoms with van der Waals surface area (Å²) in [5, 5.41) is 12.0. The van der Waals surface area contributed by atoms with Gasteiger partial charge in [0, 0.05) is 5.54 Å². The van der Waals surface area contributed by atoms with Gasteiger partial charge in [-0.3, -0.25) is 0 Å². The molecular weight excluding hydrogens is 138 g/mol. The Morgan fingerprint density at radius 2 is 1.55 bits per heavy atom. The van der Waals surface area contributed by atoms with Crippen molar-refractivity contribution in [2.24, 2.45) is 0 Å². The Morgan fingerprint density at radius 1 is 1.18 bits per heavy atom. The van der Waals surface area contributed by atoms with Crippen molar-refractivity contribution in [3.05, 3.63) is 0 Å². The van der Waals surface area contributed by atoms with E-state index in [1.165, 1.54) is 0 Å². The molecule has 0 aromatic carbocycles. The lowest BCUT2D eigenvalue weighted by molar-refractivity contribution is 0.159. The van der Waals surface area contributed by atoms with Gasteiger partial charge < -0.3 is 10.4 Å². The van der Waals surface area contributed by atoms with Gasteiger partial charge in [-0.1, -0.05) is 27.7 Å². The first-order valence-electron chi connectivity index (χ1n) is 4.54. The lowest BCUT2D eigenvalue weighted by Gasteiger charge is -2.28. The van der Waals surface area contributed by atoms with Crippen molar-refractivity contribution >= 4 is 0 Å². The van der Waals surface area contributed by atoms with E-state index in [9.17, 15) is 0 Å². The summed E-state index contributed by atoms with van der Waals surface area (Å²) >= 11 is 0. The highest BCUT2D eigenvalue weighted by atomic mass is 16.3. The van der Waals surface area contributed by atoms with Gasteiger partial charge in [-0.15, -0.1) is 0 Å². The summed E-state index contributed by atoms with van der Waals surface area (Å²) in [5.41, 5.74) is -0.0278. The molecule has 0 amide bonds. The Kier molecular flexibility index (Phi) is 9.85. The van der Waals surface area contributed by atoms with Crippen molar-refractivity contribution in [2.45, 2.75) is 46.1 Å². The third-order valence-electron chi connectivity index (χ3n) is 2.19. The number of hydrogen-bond donors (Lipinski definition) is 2. The number of nitrogens with one attached hydrogen (secondary N) is 1. The first-order valence-corrected chi connectivity index (χ1v) is 4.54. The molecule has 2 nitrogen and oxygen atoms in total. The second-order valence-electron chi connectivity index (χ2n) is 2.40. The molecule has 0 aromatic heterocycles. The molecular formula is C9H23NO. The molecule has 0 saturated carbocycles. The predicted molar refractivity (Wildman–Crippen MR) is 50.8 cm³/mol. The van der Waals surface area contributed by atoms with Crippen LogP contribution in [0.1, 0.15) is 40.5 Å². The number of likely N-dealkylation sites (N-methyl/N-ethyl adjacent to an activating group) is 1. The van der Waals surface area contributed by atoms with Gasteiger partial charge in [-0.05, 0) is 19.9 Å². The smallest absolute Gasteiger partial charge is 0.0613 e. The molecule has 0 aliphatic rings. The Morgan fingerprint density at radius 3 is 1.55 bits per heavy atom. The average molecular weight is 161 g/mol. The molecule has 0 unspecified atom stereocenters. The minimum atomic E-state index is -0.0278. The predicted octanol–water partition coefficient (Wildman–Crippen LogP) is 1.78. The lowest BCUT2D eigenvalue weighted by Crippen LogP contribution is -2.45. The molecule has 0 heterocycles. The molecule has 0 bridgehead atoms. The summed E-state index contributed by atoms with van der Waals surface area (Å²) in [6.07, 6.45) is 1.97. The fourth-order valence-corrected chi connectivity index (χ4v) is 0.906. The molecule has 0 spiro atoms. The highest BCUT2D eigenvalue weighted by molar-refractivity contribution is 4.82. The Bertz CT molecular complexity index is 52.5. The van der Waals surface area contributed by atoms with E-state index < -0.39 is 0 Å². The molecule has 2 heteroatoms. The quantitative estimate of drug-likeness (QED) is 0.659. The molecule has 2 N–H and O–H groups in total. The van der Waals surface area contributed by atoms with Gasteiger partial charge in [0.05, 0.1) is 6.61 Å². The third-order valence-corrected chi connectivity index (χ3v) is 2.19. The van der Waals surface area contributed by atoms with Crippen molar-refractivity contribution in [3.63, 3.8) is 0 Å². The first-order chi connectivity index (χ1) is 5.24. The average Bonchev–Trinajstić information content (AvgIpc) is 2.13. The Hall–Kier alpha value is -0.0800. The zero-order valence-corrected chi connectivity index (χ0v) is 8.57. The Balaban J connectivity index is 0. The minimum absolute atomic E-state index is 0.0278. The van der Waals surface area contributed by atoms with Crippen LogP contribution in [0, 0.1) is 0 Å². The first kappa shape index (κ1) is 13.5. The van der Waals surface area contributed by atoms with Crippen LogP contribution in [0.25, 0.3) is 0 Å². The van der Waals surface area contributed by atoms with Crippen LogP contribution in [0.2, 0.25) is 0 Å². The zero-order chi connectivity index (χ0) is 9.33. The van der Waals surface area contributed by atoms with Crippen molar-refractivity contribution in [1.29, 1.82) is 0 Å². The fourth-order valence-electron chi connectivity index (χ4n) is 0.906. The molecule has 11 heavy (non-hydrogen) atoms. The summed E-state index contributed by atoms with van der Waals surface area (Å²) in [5.74, 6) is 0. The van der Waals surface area contributed by atoms with Crippen LogP contribution in [-0.4, -0.2) is 24.3 Å². The van der Waals surface area contributed by atoms with Crippen molar-refractivity contribution in [2.75, 3.05) is 13.7 Å². The van der Waals surface area contributed by atoms with E-state index in [0.717, 1.165) is 12.8 Å². The van der Waals surface area contributed by atoms with Gasteiger partial charge in [0.1, 0.15) is 0 Å². The van der Waals surface area contributed by atoms with E-state index in [-0.39, 0.29) is 12.1 Å². The van der Waals surface area contributed by atoms with Crippen molar-refractivity contribution in [3.8, 4) is 0 Å². The molecule has 70 valence electrons. The molecule has 0 radical (unpaired) electrons. The second-order valence-corrected chi connectivity index (χ2v) is 2.40. The third kappa shape index (κ3) is 4.38. The van der Waals surface area contributed by atoms with Gasteiger partial charge >= 0.3 is 0 Å². The Labute approximate surface area is 71.0 Å². The summed E-state index contributed by atoms with van der Waals surface area (Å²) in [4.78, 5) is 0. The van der Waals surface area contributed by atoms with Gasteiger partial charge in [-0.2, -0.15) is 0 Å². The molecule has 0 atom stereocenters. The highest BCUT2D eigenvalue weighted by Gasteiger charge is 2.21. The van der Waals surface area contributed by atoms with Crippen LogP contribution < -0.4 is 5.32 Å². The van der Waals surface area contributed by atoms with E-state index >= 15 is 0 Å². The largest absolute Gasteiger partial charge is 0.394 e. The minimum Gasteiger partial charge on any atom is -0.394 e. The fraction of sp³-hybridized carbons (Fsp3) is 1.00. The normalized spacial score (nSPS) is 10.4. The number of aliphatic hydroxyl groups excluding tert-OH is 1. The van der Waals surface area contributed by atoms with Gasteiger partial charge in [-0.25, -0.2) is 0 Å². The summed E-state index contributed by atoms with van der Waals surface area (Å²) in [6.45, 7) is 8.39. The summed E-state index contributed by atoms with van der Waals surface area (Å²) in [7, 11) is 1.89. The molecule has 0 aliphatic carbocycles. The maximum Gasteiger partial charge on any atom is 0.0613 e. The second kappa shape index (κ2) is 8.02. The molecule has 0 saturated heterocycles. The van der Waals surface area contributed by atoms with Gasteiger partial charge in [0.25, 0.3) is 0 Å². The van der Waals surface area contributed by atoms with E-state index in [1.807, 2.05) is 20.9 Å². The van der Waals surface area contributed by atoms with Crippen molar-refractivity contribution in [1.82, 2.24) is 5.32 Å². The van der Waals surface area contributed by atoms with E-state index in [4.69, 9.17) is 5.11 Å². The van der Waals surface area contributed by atoms with E-state index in [2.05, 4.69) is 19.2 Å². The SMILES string of the molecule is CC.CCC(CC)(CO)NC. The maximum absolute atomic E-state index is 8.91. The molecule has 0 aliphatic heterocycles. The topological polar surface area (TPSA) is 32.3 Å². The van der Waals surface area contributed by atoms with Crippen molar-refractivity contribution < 1.29 is 5.11 Å². The van der Waals surface area contributed by atoms with Crippen LogP contribution >= 0.6 is 0 Å². The monoisotopic (exact) mass is 161 g/mol. The summed E-state index contributed by atoms with van der Waals surface area (Å²) in [6, 6.07) is 0. The van der Waals surface area contributed by atoms with E-state index in [0.29, 0.717) is 0 Å². The van der Waals surface area contributed by atoms with Gasteiger partial charge in [0.15, 0.2) is 0 Å². The van der Waals surface area contributed by atoms with Crippen LogP contribution in [0.3, 0.4) is 0 Å². The van der Waals surface area contributed by atoms with Crippen LogP contribution in [0.4, 0.5) is 0 Å². The summed E-state index contributed by atoms with van der Waals surface area (Å²) < 4.78 is 0. The van der Waals surface area contributed by atoms with Gasteiger partial charge in [0.2, 0.25) is 0 Å². The van der Waals surface area contributed by atoms with Crippen LogP contribution in [-0.2, 0) is 0 Å². The highest BCUT2D eigenvalue weighted by Crippen LogP contribution is 2.12. The van der Waals surface area contributed by atoms with Crippen LogP contribution in [0.15, 0.2) is 0 Å². The molecule has 0 fully saturated rings.